The monoisotopic (exact) mass is 264 g/mol. The average Bonchev–Trinajstić information content (AvgIpc) is 2.37. The molecule has 0 aliphatic rings. The van der Waals surface area contributed by atoms with Gasteiger partial charge in [-0.3, -0.25) is 4.79 Å². The van der Waals surface area contributed by atoms with Crippen LogP contribution in [0.25, 0.3) is 0 Å². The number of carboxylic acid groups (broad SMARTS) is 1. The van der Waals surface area contributed by atoms with Crippen LogP contribution in [0.2, 0.25) is 0 Å². The Hall–Kier alpha value is -2.21. The predicted molar refractivity (Wildman–Crippen MR) is 68.9 cm³/mol. The maximum atomic E-state index is 11.8. The zero-order valence-electron chi connectivity index (χ0n) is 10.6. The van der Waals surface area contributed by atoms with Gasteiger partial charge in [0.1, 0.15) is 5.69 Å². The first kappa shape index (κ1) is 14.8. The first-order valence-electron chi connectivity index (χ1n) is 5.70. The SMILES string of the molecule is C=CCOCC(NC(=O)c1cccc(C)n1)C(=O)O. The fourth-order valence-electron chi connectivity index (χ4n) is 1.35. The minimum absolute atomic E-state index is 0.126. The fraction of sp³-hybridized carbons (Fsp3) is 0.308. The van der Waals surface area contributed by atoms with Crippen molar-refractivity contribution in [3.05, 3.63) is 42.2 Å². The number of carbonyl (C=O) groups excluding carboxylic acids is 1. The Balaban J connectivity index is 2.65. The van der Waals surface area contributed by atoms with Crippen molar-refractivity contribution in [2.45, 2.75) is 13.0 Å². The lowest BCUT2D eigenvalue weighted by Gasteiger charge is -2.14. The van der Waals surface area contributed by atoms with Crippen LogP contribution in [0, 0.1) is 6.92 Å². The molecule has 1 aromatic heterocycles. The number of carboxylic acids is 1. The zero-order chi connectivity index (χ0) is 14.3. The number of aliphatic carboxylic acids is 1. The van der Waals surface area contributed by atoms with E-state index in [2.05, 4.69) is 16.9 Å². The van der Waals surface area contributed by atoms with Crippen molar-refractivity contribution >= 4 is 11.9 Å². The highest BCUT2D eigenvalue weighted by molar-refractivity contribution is 5.95. The summed E-state index contributed by atoms with van der Waals surface area (Å²) in [6.07, 6.45) is 1.50. The van der Waals surface area contributed by atoms with E-state index in [9.17, 15) is 9.59 Å². The molecule has 1 unspecified atom stereocenters. The predicted octanol–water partition coefficient (Wildman–Crippen LogP) is 0.776. The Bertz CT molecular complexity index is 473. The van der Waals surface area contributed by atoms with E-state index < -0.39 is 17.9 Å². The first-order chi connectivity index (χ1) is 9.04. The van der Waals surface area contributed by atoms with Crippen molar-refractivity contribution in [3.8, 4) is 0 Å². The number of aromatic nitrogens is 1. The quantitative estimate of drug-likeness (QED) is 0.561. The number of aryl methyl sites for hydroxylation is 1. The van der Waals surface area contributed by atoms with Gasteiger partial charge in [-0.1, -0.05) is 12.1 Å². The third-order valence-corrected chi connectivity index (χ3v) is 2.24. The lowest BCUT2D eigenvalue weighted by atomic mass is 10.2. The summed E-state index contributed by atoms with van der Waals surface area (Å²) in [4.78, 5) is 26.8. The molecule has 0 bridgehead atoms. The van der Waals surface area contributed by atoms with Gasteiger partial charge in [0.15, 0.2) is 6.04 Å². The zero-order valence-corrected chi connectivity index (χ0v) is 10.6. The average molecular weight is 264 g/mol. The van der Waals surface area contributed by atoms with Crippen molar-refractivity contribution in [1.82, 2.24) is 10.3 Å². The van der Waals surface area contributed by atoms with Gasteiger partial charge in [0, 0.05) is 5.69 Å². The molecule has 2 N–H and O–H groups in total. The third kappa shape index (κ3) is 4.89. The summed E-state index contributed by atoms with van der Waals surface area (Å²) in [5.41, 5.74) is 0.859. The molecule has 0 saturated carbocycles. The maximum Gasteiger partial charge on any atom is 0.328 e. The fourth-order valence-corrected chi connectivity index (χ4v) is 1.35. The Morgan fingerprint density at radius 2 is 2.32 bits per heavy atom. The van der Waals surface area contributed by atoms with Gasteiger partial charge in [-0.25, -0.2) is 9.78 Å². The van der Waals surface area contributed by atoms with Crippen LogP contribution in [0.5, 0.6) is 0 Å². The van der Waals surface area contributed by atoms with Gasteiger partial charge in [0.25, 0.3) is 5.91 Å². The molecule has 6 heteroatoms. The molecular weight excluding hydrogens is 248 g/mol. The second kappa shape index (κ2) is 7.27. The molecule has 0 spiro atoms. The summed E-state index contributed by atoms with van der Waals surface area (Å²) in [6, 6.07) is 3.83. The standard InChI is InChI=1S/C13H16N2O4/c1-3-7-19-8-11(13(17)18)15-12(16)10-6-4-5-9(2)14-10/h3-6,11H,1,7-8H2,2H3,(H,15,16)(H,17,18). The normalized spacial score (nSPS) is 11.6. The van der Waals surface area contributed by atoms with E-state index in [1.165, 1.54) is 12.1 Å². The molecule has 1 rings (SSSR count). The molecule has 0 saturated heterocycles. The summed E-state index contributed by atoms with van der Waals surface area (Å²) >= 11 is 0. The molecule has 0 aromatic carbocycles. The molecular formula is C13H16N2O4. The molecule has 0 aliphatic carbocycles. The van der Waals surface area contributed by atoms with Crippen molar-refractivity contribution in [3.63, 3.8) is 0 Å². The van der Waals surface area contributed by atoms with Crippen LogP contribution in [-0.4, -0.2) is 41.2 Å². The summed E-state index contributed by atoms with van der Waals surface area (Å²) in [6.45, 7) is 5.30. The van der Waals surface area contributed by atoms with E-state index in [1.807, 2.05) is 0 Å². The van der Waals surface area contributed by atoms with E-state index in [0.717, 1.165) is 0 Å². The van der Waals surface area contributed by atoms with Crippen LogP contribution in [-0.2, 0) is 9.53 Å². The second-order valence-corrected chi connectivity index (χ2v) is 3.85. The number of nitrogens with one attached hydrogen (secondary N) is 1. The lowest BCUT2D eigenvalue weighted by Crippen LogP contribution is -2.44. The summed E-state index contributed by atoms with van der Waals surface area (Å²) in [5, 5.41) is 11.3. The highest BCUT2D eigenvalue weighted by Crippen LogP contribution is 1.99. The van der Waals surface area contributed by atoms with Gasteiger partial charge >= 0.3 is 5.97 Å². The molecule has 1 amide bonds. The minimum Gasteiger partial charge on any atom is -0.480 e. The molecule has 6 nitrogen and oxygen atoms in total. The van der Waals surface area contributed by atoms with Gasteiger partial charge in [-0.05, 0) is 19.1 Å². The molecule has 0 radical (unpaired) electrons. The Labute approximate surface area is 111 Å². The number of hydrogen-bond acceptors (Lipinski definition) is 4. The number of pyridine rings is 1. The Morgan fingerprint density at radius 3 is 2.89 bits per heavy atom. The van der Waals surface area contributed by atoms with Gasteiger partial charge in [-0.15, -0.1) is 6.58 Å². The smallest absolute Gasteiger partial charge is 0.328 e. The van der Waals surface area contributed by atoms with E-state index in [0.29, 0.717) is 5.69 Å². The molecule has 1 aromatic rings. The van der Waals surface area contributed by atoms with Gasteiger partial charge in [0.05, 0.1) is 13.2 Å². The van der Waals surface area contributed by atoms with Crippen LogP contribution in [0.15, 0.2) is 30.9 Å². The molecule has 0 aliphatic heterocycles. The van der Waals surface area contributed by atoms with Crippen LogP contribution >= 0.6 is 0 Å². The number of carbonyl (C=O) groups is 2. The van der Waals surface area contributed by atoms with Crippen LogP contribution in [0.4, 0.5) is 0 Å². The summed E-state index contributed by atoms with van der Waals surface area (Å²) < 4.78 is 5.03. The number of nitrogens with zero attached hydrogens (tertiary/aromatic N) is 1. The molecule has 102 valence electrons. The third-order valence-electron chi connectivity index (χ3n) is 2.24. The molecule has 1 atom stereocenters. The number of ether oxygens (including phenoxy) is 1. The Kier molecular flexibility index (Phi) is 5.69. The van der Waals surface area contributed by atoms with Crippen molar-refractivity contribution in [1.29, 1.82) is 0 Å². The van der Waals surface area contributed by atoms with Gasteiger partial charge < -0.3 is 15.2 Å². The lowest BCUT2D eigenvalue weighted by molar-refractivity contribution is -0.140. The number of hydrogen-bond donors (Lipinski definition) is 2. The van der Waals surface area contributed by atoms with E-state index in [4.69, 9.17) is 9.84 Å². The van der Waals surface area contributed by atoms with E-state index in [-0.39, 0.29) is 18.9 Å². The largest absolute Gasteiger partial charge is 0.480 e. The molecule has 1 heterocycles. The molecule has 19 heavy (non-hydrogen) atoms. The van der Waals surface area contributed by atoms with Crippen LogP contribution in [0.1, 0.15) is 16.2 Å². The maximum absolute atomic E-state index is 11.8. The highest BCUT2D eigenvalue weighted by atomic mass is 16.5. The number of rotatable bonds is 7. The van der Waals surface area contributed by atoms with E-state index >= 15 is 0 Å². The van der Waals surface area contributed by atoms with E-state index in [1.54, 1.807) is 19.1 Å². The summed E-state index contributed by atoms with van der Waals surface area (Å²) in [7, 11) is 0. The van der Waals surface area contributed by atoms with Gasteiger partial charge in [-0.2, -0.15) is 0 Å². The topological polar surface area (TPSA) is 88.5 Å². The van der Waals surface area contributed by atoms with Crippen molar-refractivity contribution in [2.24, 2.45) is 0 Å². The Morgan fingerprint density at radius 1 is 1.58 bits per heavy atom. The van der Waals surface area contributed by atoms with Crippen LogP contribution in [0.3, 0.4) is 0 Å². The van der Waals surface area contributed by atoms with Gasteiger partial charge in [0.2, 0.25) is 0 Å². The van der Waals surface area contributed by atoms with Crippen molar-refractivity contribution in [2.75, 3.05) is 13.2 Å². The summed E-state index contributed by atoms with van der Waals surface area (Å²) in [5.74, 6) is -1.71. The second-order valence-electron chi connectivity index (χ2n) is 3.85. The number of amides is 1. The first-order valence-corrected chi connectivity index (χ1v) is 5.70. The minimum atomic E-state index is -1.16. The molecule has 0 fully saturated rings. The van der Waals surface area contributed by atoms with Crippen molar-refractivity contribution < 1.29 is 19.4 Å². The highest BCUT2D eigenvalue weighted by Gasteiger charge is 2.21. The van der Waals surface area contributed by atoms with Crippen LogP contribution < -0.4 is 5.32 Å².